The first-order valence-corrected chi connectivity index (χ1v) is 7.06. The molecule has 4 aromatic rings. The van der Waals surface area contributed by atoms with Gasteiger partial charge >= 0.3 is 0 Å². The lowest BCUT2D eigenvalue weighted by Crippen LogP contribution is -1.95. The standard InChI is InChI=1S/C18H14N4/c19-16-6-2-4-14(12-16)13-3-1-5-15(11-13)17-7-9-20-18-8-10-21-22(17)18/h1-12H,19H2. The maximum absolute atomic E-state index is 5.88. The van der Waals surface area contributed by atoms with E-state index in [1.165, 1.54) is 0 Å². The molecule has 0 bridgehead atoms. The molecule has 2 N–H and O–H groups in total. The van der Waals surface area contributed by atoms with E-state index in [1.54, 1.807) is 12.4 Å². The van der Waals surface area contributed by atoms with Gasteiger partial charge in [-0.25, -0.2) is 9.50 Å². The van der Waals surface area contributed by atoms with Crippen molar-refractivity contribution in [1.82, 2.24) is 14.6 Å². The molecule has 0 fully saturated rings. The van der Waals surface area contributed by atoms with Crippen molar-refractivity contribution >= 4 is 11.3 Å². The summed E-state index contributed by atoms with van der Waals surface area (Å²) in [6.07, 6.45) is 3.56. The molecule has 0 saturated heterocycles. The summed E-state index contributed by atoms with van der Waals surface area (Å²) in [5, 5.41) is 4.35. The summed E-state index contributed by atoms with van der Waals surface area (Å²) in [5.41, 5.74) is 11.8. The van der Waals surface area contributed by atoms with E-state index in [0.29, 0.717) is 0 Å². The molecule has 4 heteroatoms. The molecule has 0 aliphatic heterocycles. The highest BCUT2D eigenvalue weighted by molar-refractivity contribution is 5.73. The molecular formula is C18H14N4. The van der Waals surface area contributed by atoms with E-state index in [-0.39, 0.29) is 0 Å². The molecule has 0 unspecified atom stereocenters. The fourth-order valence-electron chi connectivity index (χ4n) is 2.63. The topological polar surface area (TPSA) is 56.2 Å². The van der Waals surface area contributed by atoms with E-state index in [2.05, 4.69) is 34.3 Å². The van der Waals surface area contributed by atoms with Crippen LogP contribution >= 0.6 is 0 Å². The van der Waals surface area contributed by atoms with E-state index in [9.17, 15) is 0 Å². The van der Waals surface area contributed by atoms with Crippen LogP contribution in [0.2, 0.25) is 0 Å². The van der Waals surface area contributed by atoms with Gasteiger partial charge in [-0.2, -0.15) is 5.10 Å². The molecule has 4 nitrogen and oxygen atoms in total. The Morgan fingerprint density at radius 1 is 0.773 bits per heavy atom. The maximum Gasteiger partial charge on any atom is 0.155 e. The lowest BCUT2D eigenvalue weighted by molar-refractivity contribution is 0.948. The predicted octanol–water partition coefficient (Wildman–Crippen LogP) is 3.65. The molecule has 0 saturated carbocycles. The fraction of sp³-hybridized carbons (Fsp3) is 0. The molecule has 0 amide bonds. The van der Waals surface area contributed by atoms with Crippen molar-refractivity contribution < 1.29 is 0 Å². The molecule has 0 radical (unpaired) electrons. The van der Waals surface area contributed by atoms with Crippen LogP contribution in [-0.2, 0) is 0 Å². The quantitative estimate of drug-likeness (QED) is 0.572. The first kappa shape index (κ1) is 12.6. The van der Waals surface area contributed by atoms with Gasteiger partial charge in [0.2, 0.25) is 0 Å². The fourth-order valence-corrected chi connectivity index (χ4v) is 2.63. The summed E-state index contributed by atoms with van der Waals surface area (Å²) in [6.45, 7) is 0. The third kappa shape index (κ3) is 2.11. The van der Waals surface area contributed by atoms with E-state index in [1.807, 2.05) is 40.9 Å². The average Bonchev–Trinajstić information content (AvgIpc) is 3.03. The maximum atomic E-state index is 5.88. The number of rotatable bonds is 2. The van der Waals surface area contributed by atoms with Crippen LogP contribution in [0.3, 0.4) is 0 Å². The van der Waals surface area contributed by atoms with Crippen LogP contribution in [-0.4, -0.2) is 14.6 Å². The van der Waals surface area contributed by atoms with Crippen molar-refractivity contribution in [1.29, 1.82) is 0 Å². The van der Waals surface area contributed by atoms with Crippen molar-refractivity contribution in [3.8, 4) is 22.4 Å². The second-order valence-corrected chi connectivity index (χ2v) is 5.14. The lowest BCUT2D eigenvalue weighted by atomic mass is 10.0. The van der Waals surface area contributed by atoms with Crippen LogP contribution in [0.5, 0.6) is 0 Å². The number of fused-ring (bicyclic) bond motifs is 1. The van der Waals surface area contributed by atoms with E-state index >= 15 is 0 Å². The molecule has 22 heavy (non-hydrogen) atoms. The number of nitrogens with two attached hydrogens (primary N) is 1. The molecule has 2 aromatic carbocycles. The van der Waals surface area contributed by atoms with Crippen LogP contribution < -0.4 is 5.73 Å². The number of hydrogen-bond donors (Lipinski definition) is 1. The van der Waals surface area contributed by atoms with Crippen LogP contribution in [0.1, 0.15) is 0 Å². The van der Waals surface area contributed by atoms with Gasteiger partial charge in [0.25, 0.3) is 0 Å². The third-order valence-electron chi connectivity index (χ3n) is 3.67. The number of nitrogen functional groups attached to an aromatic ring is 1. The summed E-state index contributed by atoms with van der Waals surface area (Å²) < 4.78 is 1.85. The minimum Gasteiger partial charge on any atom is -0.399 e. The molecular weight excluding hydrogens is 272 g/mol. The van der Waals surface area contributed by atoms with Crippen LogP contribution in [0.15, 0.2) is 73.1 Å². The van der Waals surface area contributed by atoms with Gasteiger partial charge in [-0.05, 0) is 35.4 Å². The zero-order chi connectivity index (χ0) is 14.9. The summed E-state index contributed by atoms with van der Waals surface area (Å²) in [7, 11) is 0. The smallest absolute Gasteiger partial charge is 0.155 e. The second-order valence-electron chi connectivity index (χ2n) is 5.14. The van der Waals surface area contributed by atoms with E-state index in [0.717, 1.165) is 33.7 Å². The zero-order valence-corrected chi connectivity index (χ0v) is 11.8. The molecule has 0 aliphatic rings. The van der Waals surface area contributed by atoms with Crippen molar-refractivity contribution in [3.63, 3.8) is 0 Å². The number of anilines is 1. The summed E-state index contributed by atoms with van der Waals surface area (Å²) in [4.78, 5) is 4.30. The van der Waals surface area contributed by atoms with E-state index in [4.69, 9.17) is 5.73 Å². The molecule has 2 aromatic heterocycles. The van der Waals surface area contributed by atoms with Gasteiger partial charge in [0, 0.05) is 23.5 Å². The number of hydrogen-bond acceptors (Lipinski definition) is 3. The average molecular weight is 286 g/mol. The van der Waals surface area contributed by atoms with Crippen molar-refractivity contribution in [2.45, 2.75) is 0 Å². The van der Waals surface area contributed by atoms with Crippen LogP contribution in [0.4, 0.5) is 5.69 Å². The highest BCUT2D eigenvalue weighted by Crippen LogP contribution is 2.27. The monoisotopic (exact) mass is 286 g/mol. The Morgan fingerprint density at radius 2 is 1.55 bits per heavy atom. The van der Waals surface area contributed by atoms with Crippen LogP contribution in [0, 0.1) is 0 Å². The minimum absolute atomic E-state index is 0.765. The van der Waals surface area contributed by atoms with Gasteiger partial charge in [-0.3, -0.25) is 0 Å². The summed E-state index contributed by atoms with van der Waals surface area (Å²) >= 11 is 0. The first-order valence-electron chi connectivity index (χ1n) is 7.06. The molecule has 2 heterocycles. The lowest BCUT2D eigenvalue weighted by Gasteiger charge is -2.08. The molecule has 4 rings (SSSR count). The van der Waals surface area contributed by atoms with Gasteiger partial charge in [0.05, 0.1) is 11.9 Å². The van der Waals surface area contributed by atoms with Gasteiger partial charge in [0.1, 0.15) is 0 Å². The largest absolute Gasteiger partial charge is 0.399 e. The van der Waals surface area contributed by atoms with E-state index < -0.39 is 0 Å². The van der Waals surface area contributed by atoms with Gasteiger partial charge in [-0.1, -0.05) is 30.3 Å². The Hall–Kier alpha value is -3.14. The number of aromatic nitrogens is 3. The SMILES string of the molecule is Nc1cccc(-c2cccc(-c3ccnc4ccnn34)c2)c1. The minimum atomic E-state index is 0.765. The molecule has 106 valence electrons. The summed E-state index contributed by atoms with van der Waals surface area (Å²) in [6, 6.07) is 20.1. The number of benzene rings is 2. The van der Waals surface area contributed by atoms with Gasteiger partial charge < -0.3 is 5.73 Å². The Bertz CT molecular complexity index is 956. The Labute approximate surface area is 127 Å². The number of nitrogens with zero attached hydrogens (tertiary/aromatic N) is 3. The second kappa shape index (κ2) is 5.00. The molecule has 0 aliphatic carbocycles. The third-order valence-corrected chi connectivity index (χ3v) is 3.67. The Balaban J connectivity index is 1.87. The zero-order valence-electron chi connectivity index (χ0n) is 11.8. The van der Waals surface area contributed by atoms with Crippen molar-refractivity contribution in [3.05, 3.63) is 73.1 Å². The predicted molar refractivity (Wildman–Crippen MR) is 88.3 cm³/mol. The highest BCUT2D eigenvalue weighted by atomic mass is 15.2. The van der Waals surface area contributed by atoms with Crippen molar-refractivity contribution in [2.24, 2.45) is 0 Å². The Morgan fingerprint density at radius 3 is 2.41 bits per heavy atom. The first-order chi connectivity index (χ1) is 10.8. The molecule has 0 atom stereocenters. The normalized spacial score (nSPS) is 10.9. The summed E-state index contributed by atoms with van der Waals surface area (Å²) in [5.74, 6) is 0. The van der Waals surface area contributed by atoms with Gasteiger partial charge in [-0.15, -0.1) is 0 Å². The Kier molecular flexibility index (Phi) is 2.86. The highest BCUT2D eigenvalue weighted by Gasteiger charge is 2.06. The van der Waals surface area contributed by atoms with Crippen molar-refractivity contribution in [2.75, 3.05) is 5.73 Å². The van der Waals surface area contributed by atoms with Crippen LogP contribution in [0.25, 0.3) is 28.0 Å². The van der Waals surface area contributed by atoms with Gasteiger partial charge in [0.15, 0.2) is 5.65 Å². The molecule has 0 spiro atoms.